The highest BCUT2D eigenvalue weighted by Gasteiger charge is 2.43. The van der Waals surface area contributed by atoms with Crippen LogP contribution in [0.4, 0.5) is 0 Å². The largest absolute Gasteiger partial charge is 0.368 e. The molecule has 1 aliphatic rings. The Bertz CT molecular complexity index is 325. The molecule has 0 aromatic heterocycles. The molecule has 1 aliphatic heterocycles. The molecule has 4 N–H and O–H groups in total. The van der Waals surface area contributed by atoms with Crippen LogP contribution >= 0.6 is 0 Å². The fourth-order valence-electron chi connectivity index (χ4n) is 3.20. The standard InChI is InChI=1S/C14H27N3O2/c1-3-7-14(10-15,8-4-2)13(19)17-9-5-6-11(17)12(16)18/h11H,3-10,15H2,1-2H3,(H2,16,18). The number of likely N-dealkylation sites (tertiary alicyclic amines) is 1. The Labute approximate surface area is 115 Å². The Morgan fingerprint density at radius 3 is 2.26 bits per heavy atom. The van der Waals surface area contributed by atoms with Gasteiger partial charge in [-0.15, -0.1) is 0 Å². The van der Waals surface area contributed by atoms with Crippen LogP contribution in [0.1, 0.15) is 52.4 Å². The number of primary amides is 1. The highest BCUT2D eigenvalue weighted by molar-refractivity contribution is 5.90. The van der Waals surface area contributed by atoms with E-state index in [4.69, 9.17) is 11.5 Å². The number of hydrogen-bond acceptors (Lipinski definition) is 3. The van der Waals surface area contributed by atoms with E-state index in [0.717, 1.165) is 32.1 Å². The topological polar surface area (TPSA) is 89.4 Å². The summed E-state index contributed by atoms with van der Waals surface area (Å²) in [7, 11) is 0. The number of nitrogens with two attached hydrogens (primary N) is 2. The van der Waals surface area contributed by atoms with Crippen molar-refractivity contribution >= 4 is 11.8 Å². The second-order valence-corrected chi connectivity index (χ2v) is 5.54. The van der Waals surface area contributed by atoms with Crippen molar-refractivity contribution in [2.24, 2.45) is 16.9 Å². The van der Waals surface area contributed by atoms with E-state index in [0.29, 0.717) is 19.5 Å². The second-order valence-electron chi connectivity index (χ2n) is 5.54. The molecule has 0 aromatic carbocycles. The van der Waals surface area contributed by atoms with E-state index in [1.807, 2.05) is 0 Å². The number of carbonyl (C=O) groups excluding carboxylic acids is 2. The van der Waals surface area contributed by atoms with E-state index in [2.05, 4.69) is 13.8 Å². The first-order valence-corrected chi connectivity index (χ1v) is 7.33. The quantitative estimate of drug-likeness (QED) is 0.722. The average molecular weight is 269 g/mol. The molecule has 1 unspecified atom stereocenters. The van der Waals surface area contributed by atoms with Gasteiger partial charge in [0.05, 0.1) is 5.41 Å². The zero-order valence-electron chi connectivity index (χ0n) is 12.2. The molecule has 5 nitrogen and oxygen atoms in total. The fourth-order valence-corrected chi connectivity index (χ4v) is 3.20. The highest BCUT2D eigenvalue weighted by Crippen LogP contribution is 2.34. The van der Waals surface area contributed by atoms with Crippen LogP contribution < -0.4 is 11.5 Å². The van der Waals surface area contributed by atoms with E-state index < -0.39 is 17.4 Å². The fraction of sp³-hybridized carbons (Fsp3) is 0.857. The molecule has 0 saturated carbocycles. The minimum Gasteiger partial charge on any atom is -0.368 e. The second kappa shape index (κ2) is 6.89. The lowest BCUT2D eigenvalue weighted by Gasteiger charge is -2.36. The summed E-state index contributed by atoms with van der Waals surface area (Å²) in [6.45, 7) is 5.09. The van der Waals surface area contributed by atoms with Gasteiger partial charge in [-0.05, 0) is 25.7 Å². The molecule has 1 heterocycles. The van der Waals surface area contributed by atoms with Gasteiger partial charge in [-0.3, -0.25) is 9.59 Å². The van der Waals surface area contributed by atoms with Gasteiger partial charge in [-0.2, -0.15) is 0 Å². The lowest BCUT2D eigenvalue weighted by molar-refractivity contribution is -0.146. The average Bonchev–Trinajstić information content (AvgIpc) is 2.86. The maximum absolute atomic E-state index is 12.8. The molecule has 5 heteroatoms. The molecule has 0 radical (unpaired) electrons. The van der Waals surface area contributed by atoms with E-state index in [-0.39, 0.29) is 5.91 Å². The molecule has 1 atom stereocenters. The van der Waals surface area contributed by atoms with Gasteiger partial charge in [0, 0.05) is 13.1 Å². The third kappa shape index (κ3) is 3.26. The van der Waals surface area contributed by atoms with E-state index in [1.165, 1.54) is 0 Å². The van der Waals surface area contributed by atoms with Gasteiger partial charge in [0.25, 0.3) is 0 Å². The van der Waals surface area contributed by atoms with Crippen LogP contribution in [0.15, 0.2) is 0 Å². The summed E-state index contributed by atoms with van der Waals surface area (Å²) in [6.07, 6.45) is 4.91. The van der Waals surface area contributed by atoms with Crippen LogP contribution in [0.2, 0.25) is 0 Å². The molecular weight excluding hydrogens is 242 g/mol. The molecule has 2 amide bonds. The Kier molecular flexibility index (Phi) is 5.79. The van der Waals surface area contributed by atoms with Crippen LogP contribution in [0.5, 0.6) is 0 Å². The molecule has 0 aliphatic carbocycles. The van der Waals surface area contributed by atoms with Crippen molar-refractivity contribution in [1.29, 1.82) is 0 Å². The van der Waals surface area contributed by atoms with Gasteiger partial charge in [-0.25, -0.2) is 0 Å². The van der Waals surface area contributed by atoms with Gasteiger partial charge < -0.3 is 16.4 Å². The summed E-state index contributed by atoms with van der Waals surface area (Å²) in [6, 6.07) is -0.438. The molecule has 1 rings (SSSR count). The number of carbonyl (C=O) groups is 2. The van der Waals surface area contributed by atoms with Crippen molar-refractivity contribution in [1.82, 2.24) is 4.90 Å². The highest BCUT2D eigenvalue weighted by atomic mass is 16.2. The monoisotopic (exact) mass is 269 g/mol. The zero-order chi connectivity index (χ0) is 14.5. The summed E-state index contributed by atoms with van der Waals surface area (Å²) in [5.41, 5.74) is 10.8. The smallest absolute Gasteiger partial charge is 0.240 e. The number of amides is 2. The predicted octanol–water partition coefficient (Wildman–Crippen LogP) is 1.01. The first kappa shape index (κ1) is 16.0. The lowest BCUT2D eigenvalue weighted by Crippen LogP contribution is -2.52. The number of nitrogens with zero attached hydrogens (tertiary/aromatic N) is 1. The maximum atomic E-state index is 12.8. The molecule has 0 bridgehead atoms. The number of rotatable bonds is 7. The van der Waals surface area contributed by atoms with Crippen molar-refractivity contribution in [2.75, 3.05) is 13.1 Å². The van der Waals surface area contributed by atoms with Crippen LogP contribution in [0.25, 0.3) is 0 Å². The maximum Gasteiger partial charge on any atom is 0.240 e. The Morgan fingerprint density at radius 2 is 1.84 bits per heavy atom. The molecule has 1 saturated heterocycles. The van der Waals surface area contributed by atoms with Crippen LogP contribution in [0.3, 0.4) is 0 Å². The van der Waals surface area contributed by atoms with E-state index in [1.54, 1.807) is 4.90 Å². The third-order valence-corrected chi connectivity index (χ3v) is 4.14. The molecule has 19 heavy (non-hydrogen) atoms. The van der Waals surface area contributed by atoms with Gasteiger partial charge in [0.2, 0.25) is 11.8 Å². The summed E-state index contributed by atoms with van der Waals surface area (Å²) in [5, 5.41) is 0. The molecule has 0 aromatic rings. The first-order valence-electron chi connectivity index (χ1n) is 7.33. The van der Waals surface area contributed by atoms with Crippen LogP contribution in [-0.2, 0) is 9.59 Å². The van der Waals surface area contributed by atoms with Gasteiger partial charge in [0.15, 0.2) is 0 Å². The normalized spacial score (nSPS) is 19.7. The third-order valence-electron chi connectivity index (χ3n) is 4.14. The molecule has 0 spiro atoms. The van der Waals surface area contributed by atoms with Crippen molar-refractivity contribution in [3.8, 4) is 0 Å². The minimum atomic E-state index is -0.512. The van der Waals surface area contributed by atoms with Crippen LogP contribution in [0, 0.1) is 5.41 Å². The Hall–Kier alpha value is -1.10. The van der Waals surface area contributed by atoms with E-state index in [9.17, 15) is 9.59 Å². The van der Waals surface area contributed by atoms with Crippen molar-refractivity contribution in [3.05, 3.63) is 0 Å². The summed E-state index contributed by atoms with van der Waals surface area (Å²) in [4.78, 5) is 25.9. The number of hydrogen-bond donors (Lipinski definition) is 2. The lowest BCUT2D eigenvalue weighted by atomic mass is 9.77. The Balaban J connectivity index is 2.95. The first-order chi connectivity index (χ1) is 9.02. The SMILES string of the molecule is CCCC(CN)(CCC)C(=O)N1CCCC1C(N)=O. The zero-order valence-corrected chi connectivity index (χ0v) is 12.2. The minimum absolute atomic E-state index is 0.0278. The molecule has 1 fully saturated rings. The van der Waals surface area contributed by atoms with Crippen molar-refractivity contribution in [2.45, 2.75) is 58.4 Å². The van der Waals surface area contributed by atoms with Crippen molar-refractivity contribution in [3.63, 3.8) is 0 Å². The summed E-state index contributed by atoms with van der Waals surface area (Å²) in [5.74, 6) is -0.371. The van der Waals surface area contributed by atoms with Gasteiger partial charge >= 0.3 is 0 Å². The molecular formula is C14H27N3O2. The summed E-state index contributed by atoms with van der Waals surface area (Å²) < 4.78 is 0. The predicted molar refractivity (Wildman–Crippen MR) is 75.2 cm³/mol. The summed E-state index contributed by atoms with van der Waals surface area (Å²) >= 11 is 0. The van der Waals surface area contributed by atoms with E-state index >= 15 is 0 Å². The van der Waals surface area contributed by atoms with Crippen LogP contribution in [-0.4, -0.2) is 35.8 Å². The van der Waals surface area contributed by atoms with Crippen molar-refractivity contribution < 1.29 is 9.59 Å². The Morgan fingerprint density at radius 1 is 1.26 bits per heavy atom. The van der Waals surface area contributed by atoms with Gasteiger partial charge in [0.1, 0.15) is 6.04 Å². The van der Waals surface area contributed by atoms with Gasteiger partial charge in [-0.1, -0.05) is 26.7 Å². The molecule has 110 valence electrons.